The molecule has 0 aromatic rings. The van der Waals surface area contributed by atoms with Crippen molar-refractivity contribution in [3.05, 3.63) is 24.3 Å². The summed E-state index contributed by atoms with van der Waals surface area (Å²) in [7, 11) is -5.33. The molecule has 13 nitrogen and oxygen atoms in total. The van der Waals surface area contributed by atoms with Crippen LogP contribution in [0.25, 0.3) is 0 Å². The molecule has 62 heavy (non-hydrogen) atoms. The van der Waals surface area contributed by atoms with Gasteiger partial charge in [-0.15, -0.1) is 0 Å². The Balaban J connectivity index is 0.0000372. The van der Waals surface area contributed by atoms with E-state index in [2.05, 4.69) is 35.5 Å². The highest BCUT2D eigenvalue weighted by molar-refractivity contribution is 7.80. The molecule has 368 valence electrons. The van der Waals surface area contributed by atoms with Gasteiger partial charge in [-0.05, 0) is 44.9 Å². The molecule has 1 heterocycles. The van der Waals surface area contributed by atoms with Crippen molar-refractivity contribution in [3.8, 4) is 0 Å². The summed E-state index contributed by atoms with van der Waals surface area (Å²) >= 11 is 0. The van der Waals surface area contributed by atoms with Crippen LogP contribution in [0, 0.1) is 0 Å². The average Bonchev–Trinajstić information content (AvgIpc) is 3.23. The molecule has 0 aliphatic carbocycles. The van der Waals surface area contributed by atoms with E-state index in [0.29, 0.717) is 6.42 Å². The maximum atomic E-state index is 13.0. The van der Waals surface area contributed by atoms with Crippen molar-refractivity contribution in [2.75, 3.05) is 13.2 Å². The molecule has 14 heteroatoms. The van der Waals surface area contributed by atoms with Gasteiger partial charge in [-0.2, -0.15) is 0 Å². The van der Waals surface area contributed by atoms with Gasteiger partial charge in [0.25, 0.3) is 0 Å². The van der Waals surface area contributed by atoms with Gasteiger partial charge < -0.3 is 45.9 Å². The Kier molecular flexibility index (Phi) is 40.0. The van der Waals surface area contributed by atoms with Crippen LogP contribution in [-0.2, 0) is 28.9 Å². The fourth-order valence-electron chi connectivity index (χ4n) is 7.86. The van der Waals surface area contributed by atoms with Gasteiger partial charge in [0, 0.05) is 6.42 Å². The zero-order valence-electron chi connectivity index (χ0n) is 39.4. The second kappa shape index (κ2) is 41.0. The van der Waals surface area contributed by atoms with Crippen molar-refractivity contribution in [2.45, 2.75) is 262 Å². The van der Waals surface area contributed by atoms with Crippen molar-refractivity contribution in [2.24, 2.45) is 0 Å². The Bertz CT molecular complexity index is 1190. The molecule has 1 amide bonds. The molecular weight excluding hydrogens is 813 g/mol. The molecule has 0 aromatic heterocycles. The van der Waals surface area contributed by atoms with Crippen LogP contribution < -0.4 is 11.5 Å². The van der Waals surface area contributed by atoms with E-state index in [-0.39, 0.29) is 25.1 Å². The number of rotatable bonds is 42. The first-order valence-corrected chi connectivity index (χ1v) is 26.0. The Morgan fingerprint density at radius 3 is 1.48 bits per heavy atom. The van der Waals surface area contributed by atoms with Crippen molar-refractivity contribution in [1.82, 2.24) is 11.5 Å². The van der Waals surface area contributed by atoms with E-state index in [1.165, 1.54) is 154 Å². The number of quaternary nitrogens is 1. The molecule has 1 aliphatic rings. The number of hydrogen-bond donors (Lipinski definition) is 6. The number of amides is 1. The highest BCUT2D eigenvalue weighted by Crippen LogP contribution is 2.26. The third-order valence-electron chi connectivity index (χ3n) is 11.7. The quantitative estimate of drug-likeness (QED) is 0.0146. The van der Waals surface area contributed by atoms with Crippen LogP contribution in [0.5, 0.6) is 0 Å². The van der Waals surface area contributed by atoms with Crippen molar-refractivity contribution >= 4 is 16.3 Å². The van der Waals surface area contributed by atoms with Gasteiger partial charge >= 0.3 is 0 Å². The van der Waals surface area contributed by atoms with E-state index in [4.69, 9.17) is 9.47 Å². The third kappa shape index (κ3) is 33.1. The van der Waals surface area contributed by atoms with Crippen LogP contribution in [0.4, 0.5) is 0 Å². The Hall–Kier alpha value is -1.46. The third-order valence-corrected chi connectivity index (χ3v) is 12.2. The van der Waals surface area contributed by atoms with E-state index in [1.54, 1.807) is 6.08 Å². The van der Waals surface area contributed by atoms with Gasteiger partial charge in [0.05, 0.1) is 25.4 Å². The SMILES string of the molecule is CCCCCCCC/C=C/CCCCCCCCCCCCCC(=O)NC(COC1OC(CO)C(O)C(OS(=O)(=O)[O-])C1O)C(O)/C=C/CCCCCCCCCCCCC.[NH4+]. The lowest BCUT2D eigenvalue weighted by Crippen LogP contribution is -2.61. The number of ether oxygens (including phenoxy) is 2. The molecule has 0 radical (unpaired) electrons. The summed E-state index contributed by atoms with van der Waals surface area (Å²) in [5.41, 5.74) is 0. The second-order valence-corrected chi connectivity index (χ2v) is 18.4. The normalized spacial score (nSPS) is 20.5. The van der Waals surface area contributed by atoms with E-state index < -0.39 is 59.9 Å². The predicted octanol–water partition coefficient (Wildman–Crippen LogP) is 10.1. The molecule has 9 N–H and O–H groups in total. The summed E-state index contributed by atoms with van der Waals surface area (Å²) in [6.45, 7) is 3.35. The smallest absolute Gasteiger partial charge is 0.220 e. The molecule has 0 spiro atoms. The lowest BCUT2D eigenvalue weighted by Gasteiger charge is -2.42. The maximum absolute atomic E-state index is 13.0. The summed E-state index contributed by atoms with van der Waals surface area (Å²) in [4.78, 5) is 13.0. The molecule has 1 saturated heterocycles. The Labute approximate surface area is 378 Å². The van der Waals surface area contributed by atoms with Gasteiger partial charge in [-0.3, -0.25) is 8.98 Å². The van der Waals surface area contributed by atoms with E-state index >= 15 is 0 Å². The summed E-state index contributed by atoms with van der Waals surface area (Å²) in [5, 5.41) is 44.6. The molecule has 0 aromatic carbocycles. The molecule has 0 saturated carbocycles. The molecule has 0 bridgehead atoms. The van der Waals surface area contributed by atoms with Crippen LogP contribution >= 0.6 is 0 Å². The van der Waals surface area contributed by atoms with Crippen LogP contribution in [0.3, 0.4) is 0 Å². The van der Waals surface area contributed by atoms with Crippen LogP contribution in [-0.4, -0.2) is 95.4 Å². The average molecular weight is 907 g/mol. The summed E-state index contributed by atoms with van der Waals surface area (Å²) < 4.78 is 49.3. The maximum Gasteiger partial charge on any atom is 0.220 e. The largest absolute Gasteiger partial charge is 0.726 e. The first-order valence-electron chi connectivity index (χ1n) is 24.7. The van der Waals surface area contributed by atoms with E-state index in [0.717, 1.165) is 38.5 Å². The lowest BCUT2D eigenvalue weighted by molar-refractivity contribution is -0.298. The van der Waals surface area contributed by atoms with Gasteiger partial charge in [-0.1, -0.05) is 192 Å². The monoisotopic (exact) mass is 907 g/mol. The minimum Gasteiger partial charge on any atom is -0.726 e. The van der Waals surface area contributed by atoms with Gasteiger partial charge in [-0.25, -0.2) is 8.42 Å². The minimum atomic E-state index is -5.33. The number of allylic oxidation sites excluding steroid dienone is 3. The van der Waals surface area contributed by atoms with E-state index in [9.17, 15) is 38.2 Å². The van der Waals surface area contributed by atoms with Gasteiger partial charge in [0.2, 0.25) is 16.3 Å². The predicted molar refractivity (Wildman–Crippen MR) is 250 cm³/mol. The van der Waals surface area contributed by atoms with Gasteiger partial charge in [0.1, 0.15) is 24.4 Å². The number of hydrogen-bond acceptors (Lipinski definition) is 11. The number of carbonyl (C=O) groups excluding carboxylic acids is 1. The fraction of sp³-hybridized carbons (Fsp3) is 0.896. The highest BCUT2D eigenvalue weighted by atomic mass is 32.3. The summed E-state index contributed by atoms with van der Waals surface area (Å²) in [6, 6.07) is -0.953. The van der Waals surface area contributed by atoms with E-state index in [1.807, 2.05) is 6.08 Å². The molecule has 1 rings (SSSR count). The van der Waals surface area contributed by atoms with Crippen molar-refractivity contribution in [3.63, 3.8) is 0 Å². The molecule has 7 atom stereocenters. The first kappa shape index (κ1) is 60.5. The summed E-state index contributed by atoms with van der Waals surface area (Å²) in [5.74, 6) is -0.271. The number of aliphatic hydroxyl groups is 4. The number of carbonyl (C=O) groups is 1. The number of nitrogens with one attached hydrogen (secondary N) is 1. The Morgan fingerprint density at radius 2 is 1.06 bits per heavy atom. The summed E-state index contributed by atoms with van der Waals surface area (Å²) in [6.07, 6.45) is 36.1. The zero-order chi connectivity index (χ0) is 44.8. The van der Waals surface area contributed by atoms with Crippen molar-refractivity contribution in [1.29, 1.82) is 0 Å². The van der Waals surface area contributed by atoms with Crippen LogP contribution in [0.15, 0.2) is 24.3 Å². The standard InChI is InChI=1S/C48H91NO11S.H3N/c1-3-5-7-9-11-13-15-17-18-19-20-21-22-23-24-26-28-30-32-34-36-38-44(52)49-41(42(51)37-35-33-31-29-27-25-16-14-12-10-8-6-4-2)40-58-48-46(54)47(60-61(55,56)57)45(53)43(39-50)59-48;/h17-18,35,37,41-43,45-48,50-51,53-54H,3-16,19-34,36,38-40H2,1-2H3,(H,49,52)(H,55,56,57);1H3/b18-17+,37-35+;. The van der Waals surface area contributed by atoms with Crippen LogP contribution in [0.1, 0.15) is 219 Å². The van der Waals surface area contributed by atoms with Crippen LogP contribution in [0.2, 0.25) is 0 Å². The van der Waals surface area contributed by atoms with Gasteiger partial charge in [0.15, 0.2) is 6.29 Å². The molecule has 7 unspecified atom stereocenters. The number of aliphatic hydroxyl groups excluding tert-OH is 4. The Morgan fingerprint density at radius 1 is 0.661 bits per heavy atom. The minimum absolute atomic E-state index is 0. The fourth-order valence-corrected chi connectivity index (χ4v) is 8.36. The molecular formula is C48H94N2O11S. The van der Waals surface area contributed by atoms with Crippen molar-refractivity contribution < 1.29 is 51.8 Å². The first-order chi connectivity index (χ1) is 29.5. The molecule has 1 fully saturated rings. The molecule has 1 aliphatic heterocycles. The number of unbranched alkanes of at least 4 members (excludes halogenated alkanes) is 28. The lowest BCUT2D eigenvalue weighted by atomic mass is 9.99. The second-order valence-electron chi connectivity index (χ2n) is 17.4. The zero-order valence-corrected chi connectivity index (χ0v) is 40.3. The highest BCUT2D eigenvalue weighted by Gasteiger charge is 2.47. The topological polar surface area (TPSA) is 231 Å².